The Balaban J connectivity index is 3.74. The quantitative estimate of drug-likeness (QED) is 0.418. The molecule has 7 heteroatoms. The SMILES string of the molecule is C[C@H](NC(=O)NCC(N)=O)C(=O)O. The highest BCUT2D eigenvalue weighted by molar-refractivity contribution is 5.85. The summed E-state index contributed by atoms with van der Waals surface area (Å²) in [5, 5.41) is 12.5. The summed E-state index contributed by atoms with van der Waals surface area (Å²) in [7, 11) is 0. The molecule has 3 amide bonds. The van der Waals surface area contributed by atoms with Crippen LogP contribution in [0.3, 0.4) is 0 Å². The van der Waals surface area contributed by atoms with Crippen LogP contribution in [0, 0.1) is 0 Å². The summed E-state index contributed by atoms with van der Waals surface area (Å²) in [6.45, 7) is 0.977. The van der Waals surface area contributed by atoms with E-state index in [1.165, 1.54) is 6.92 Å². The van der Waals surface area contributed by atoms with E-state index in [1.807, 2.05) is 0 Å². The molecule has 13 heavy (non-hydrogen) atoms. The number of aliphatic carboxylic acids is 1. The minimum absolute atomic E-state index is 0.321. The van der Waals surface area contributed by atoms with Gasteiger partial charge in [0, 0.05) is 0 Å². The molecule has 0 aliphatic heterocycles. The van der Waals surface area contributed by atoms with Gasteiger partial charge in [-0.1, -0.05) is 0 Å². The highest BCUT2D eigenvalue weighted by Gasteiger charge is 2.13. The van der Waals surface area contributed by atoms with Gasteiger partial charge in [-0.15, -0.1) is 0 Å². The lowest BCUT2D eigenvalue weighted by atomic mass is 10.3. The summed E-state index contributed by atoms with van der Waals surface area (Å²) in [5.41, 5.74) is 4.73. The van der Waals surface area contributed by atoms with E-state index >= 15 is 0 Å². The number of primary amides is 1. The summed E-state index contributed by atoms with van der Waals surface area (Å²) in [5.74, 6) is -1.85. The molecule has 0 radical (unpaired) electrons. The Kier molecular flexibility index (Phi) is 4.28. The Hall–Kier alpha value is -1.79. The summed E-state index contributed by atoms with van der Waals surface area (Å²) in [6.07, 6.45) is 0. The van der Waals surface area contributed by atoms with Gasteiger partial charge in [-0.3, -0.25) is 9.59 Å². The van der Waals surface area contributed by atoms with Crippen LogP contribution < -0.4 is 16.4 Å². The summed E-state index contributed by atoms with van der Waals surface area (Å²) in [6, 6.07) is -1.75. The summed E-state index contributed by atoms with van der Waals surface area (Å²) >= 11 is 0. The molecule has 0 aromatic carbocycles. The number of hydrogen-bond donors (Lipinski definition) is 4. The molecule has 7 nitrogen and oxygen atoms in total. The topological polar surface area (TPSA) is 122 Å². The lowest BCUT2D eigenvalue weighted by Crippen LogP contribution is -2.46. The normalized spacial score (nSPS) is 11.5. The Morgan fingerprint density at radius 1 is 1.46 bits per heavy atom. The highest BCUT2D eigenvalue weighted by atomic mass is 16.4. The highest BCUT2D eigenvalue weighted by Crippen LogP contribution is 1.79. The smallest absolute Gasteiger partial charge is 0.325 e. The van der Waals surface area contributed by atoms with Crippen molar-refractivity contribution in [1.82, 2.24) is 10.6 Å². The van der Waals surface area contributed by atoms with Gasteiger partial charge in [-0.05, 0) is 6.92 Å². The largest absolute Gasteiger partial charge is 0.480 e. The molecule has 0 saturated heterocycles. The molecule has 0 heterocycles. The Morgan fingerprint density at radius 3 is 2.38 bits per heavy atom. The van der Waals surface area contributed by atoms with Crippen molar-refractivity contribution < 1.29 is 19.5 Å². The Bertz CT molecular complexity index is 228. The third kappa shape index (κ3) is 5.48. The van der Waals surface area contributed by atoms with Crippen LogP contribution in [0.2, 0.25) is 0 Å². The van der Waals surface area contributed by atoms with Gasteiger partial charge in [-0.25, -0.2) is 4.79 Å². The van der Waals surface area contributed by atoms with Gasteiger partial charge in [-0.2, -0.15) is 0 Å². The molecule has 0 aliphatic carbocycles. The number of urea groups is 1. The number of hydrogen-bond acceptors (Lipinski definition) is 3. The number of carbonyl (C=O) groups excluding carboxylic acids is 2. The molecule has 0 unspecified atom stereocenters. The molecular formula is C6H11N3O4. The van der Waals surface area contributed by atoms with Gasteiger partial charge >= 0.3 is 12.0 Å². The van der Waals surface area contributed by atoms with Crippen molar-refractivity contribution in [2.75, 3.05) is 6.54 Å². The first-order valence-corrected chi connectivity index (χ1v) is 3.49. The van der Waals surface area contributed by atoms with Crippen LogP contribution in [0.4, 0.5) is 4.79 Å². The maximum absolute atomic E-state index is 10.8. The fourth-order valence-electron chi connectivity index (χ4n) is 0.477. The van der Waals surface area contributed by atoms with Gasteiger partial charge < -0.3 is 21.5 Å². The standard InChI is InChI=1S/C6H11N3O4/c1-3(5(11)12)9-6(13)8-2-4(7)10/h3H,2H2,1H3,(H2,7,10)(H,11,12)(H2,8,9,13)/t3-/m0/s1. The second-order valence-electron chi connectivity index (χ2n) is 2.35. The number of rotatable bonds is 4. The predicted octanol–water partition coefficient (Wildman–Crippen LogP) is -1.76. The molecular weight excluding hydrogens is 178 g/mol. The van der Waals surface area contributed by atoms with Gasteiger partial charge in [0.1, 0.15) is 6.04 Å². The van der Waals surface area contributed by atoms with Crippen molar-refractivity contribution >= 4 is 17.9 Å². The molecule has 1 atom stereocenters. The van der Waals surface area contributed by atoms with Gasteiger partial charge in [0.05, 0.1) is 6.54 Å². The Labute approximate surface area is 74.3 Å². The van der Waals surface area contributed by atoms with Gasteiger partial charge in [0.2, 0.25) is 5.91 Å². The lowest BCUT2D eigenvalue weighted by molar-refractivity contribution is -0.138. The molecule has 0 fully saturated rings. The summed E-state index contributed by atoms with van der Waals surface area (Å²) < 4.78 is 0. The molecule has 74 valence electrons. The molecule has 0 saturated carbocycles. The third-order valence-corrected chi connectivity index (χ3v) is 1.14. The van der Waals surface area contributed by atoms with E-state index in [0.717, 1.165) is 0 Å². The third-order valence-electron chi connectivity index (χ3n) is 1.14. The van der Waals surface area contributed by atoms with Crippen molar-refractivity contribution in [2.24, 2.45) is 5.73 Å². The van der Waals surface area contributed by atoms with E-state index in [0.29, 0.717) is 0 Å². The van der Waals surface area contributed by atoms with E-state index in [4.69, 9.17) is 10.8 Å². The zero-order valence-corrected chi connectivity index (χ0v) is 7.03. The van der Waals surface area contributed by atoms with Crippen LogP contribution in [0.15, 0.2) is 0 Å². The zero-order chi connectivity index (χ0) is 10.4. The molecule has 0 aliphatic rings. The monoisotopic (exact) mass is 189 g/mol. The van der Waals surface area contributed by atoms with Crippen molar-refractivity contribution in [3.05, 3.63) is 0 Å². The number of carboxylic acid groups (broad SMARTS) is 1. The molecule has 0 spiro atoms. The maximum Gasteiger partial charge on any atom is 0.325 e. The van der Waals surface area contributed by atoms with Crippen LogP contribution in [-0.4, -0.2) is 35.6 Å². The molecule has 0 bridgehead atoms. The van der Waals surface area contributed by atoms with E-state index in [1.54, 1.807) is 0 Å². The van der Waals surface area contributed by atoms with Crippen LogP contribution in [-0.2, 0) is 9.59 Å². The number of nitrogens with one attached hydrogen (secondary N) is 2. The number of nitrogens with two attached hydrogens (primary N) is 1. The number of carboxylic acids is 1. The van der Waals surface area contributed by atoms with Crippen LogP contribution in [0.25, 0.3) is 0 Å². The molecule has 0 aromatic heterocycles. The minimum Gasteiger partial charge on any atom is -0.480 e. The predicted molar refractivity (Wildman–Crippen MR) is 42.8 cm³/mol. The van der Waals surface area contributed by atoms with Crippen molar-refractivity contribution in [3.63, 3.8) is 0 Å². The van der Waals surface area contributed by atoms with E-state index < -0.39 is 23.9 Å². The first-order chi connectivity index (χ1) is 5.93. The average molecular weight is 189 g/mol. The van der Waals surface area contributed by atoms with Crippen molar-refractivity contribution in [3.8, 4) is 0 Å². The lowest BCUT2D eigenvalue weighted by Gasteiger charge is -2.09. The van der Waals surface area contributed by atoms with E-state index in [2.05, 4.69) is 10.6 Å². The van der Waals surface area contributed by atoms with Crippen molar-refractivity contribution in [1.29, 1.82) is 0 Å². The van der Waals surface area contributed by atoms with Crippen molar-refractivity contribution in [2.45, 2.75) is 13.0 Å². The summed E-state index contributed by atoms with van der Waals surface area (Å²) in [4.78, 5) is 31.2. The minimum atomic E-state index is -1.16. The van der Waals surface area contributed by atoms with Crippen LogP contribution in [0.1, 0.15) is 6.92 Å². The number of carbonyl (C=O) groups is 3. The van der Waals surface area contributed by atoms with Gasteiger partial charge in [0.25, 0.3) is 0 Å². The van der Waals surface area contributed by atoms with E-state index in [-0.39, 0.29) is 6.54 Å². The second kappa shape index (κ2) is 4.96. The van der Waals surface area contributed by atoms with Crippen LogP contribution in [0.5, 0.6) is 0 Å². The van der Waals surface area contributed by atoms with Gasteiger partial charge in [0.15, 0.2) is 0 Å². The first kappa shape index (κ1) is 11.2. The second-order valence-corrected chi connectivity index (χ2v) is 2.35. The molecule has 5 N–H and O–H groups in total. The first-order valence-electron chi connectivity index (χ1n) is 3.49. The fourth-order valence-corrected chi connectivity index (χ4v) is 0.477. The fraction of sp³-hybridized carbons (Fsp3) is 0.500. The number of amides is 3. The van der Waals surface area contributed by atoms with E-state index in [9.17, 15) is 14.4 Å². The maximum atomic E-state index is 10.8. The zero-order valence-electron chi connectivity index (χ0n) is 7.03. The molecule has 0 rings (SSSR count). The van der Waals surface area contributed by atoms with Crippen LogP contribution >= 0.6 is 0 Å². The average Bonchev–Trinajstić information content (AvgIpc) is 2.00. The Morgan fingerprint density at radius 2 is 2.00 bits per heavy atom. The molecule has 0 aromatic rings.